The summed E-state index contributed by atoms with van der Waals surface area (Å²) < 4.78 is 5.83. The summed E-state index contributed by atoms with van der Waals surface area (Å²) in [4.78, 5) is 12.6. The summed E-state index contributed by atoms with van der Waals surface area (Å²) in [6.45, 7) is 4.48. The topological polar surface area (TPSA) is 99.4 Å². The zero-order chi connectivity index (χ0) is 15.9. The number of allylic oxidation sites excluding steroid dienone is 1. The Labute approximate surface area is 129 Å². The molecule has 6 heteroatoms. The van der Waals surface area contributed by atoms with Gasteiger partial charge in [0.2, 0.25) is 0 Å². The number of nitrogens with zero attached hydrogens (tertiary/aromatic N) is 3. The molecule has 0 bridgehead atoms. The number of aryl methyl sites for hydroxylation is 1. The molecule has 2 rings (SSSR count). The van der Waals surface area contributed by atoms with Crippen molar-refractivity contribution in [1.29, 1.82) is 0 Å². The van der Waals surface area contributed by atoms with Crippen LogP contribution in [0.4, 0.5) is 5.82 Å². The minimum Gasteiger partial charge on any atom is -0.455 e. The van der Waals surface area contributed by atoms with Crippen molar-refractivity contribution < 1.29 is 4.74 Å². The van der Waals surface area contributed by atoms with E-state index in [0.29, 0.717) is 29.6 Å². The molecule has 0 amide bonds. The lowest BCUT2D eigenvalue weighted by Crippen LogP contribution is -1.97. The largest absolute Gasteiger partial charge is 0.455 e. The van der Waals surface area contributed by atoms with Gasteiger partial charge in [0.15, 0.2) is 0 Å². The van der Waals surface area contributed by atoms with Gasteiger partial charge in [-0.25, -0.2) is 4.98 Å². The summed E-state index contributed by atoms with van der Waals surface area (Å²) >= 11 is 0. The van der Waals surface area contributed by atoms with Gasteiger partial charge in [0.1, 0.15) is 17.3 Å². The van der Waals surface area contributed by atoms with E-state index >= 15 is 0 Å². The highest BCUT2D eigenvalue weighted by molar-refractivity contribution is 6.08. The molecule has 0 aliphatic carbocycles. The van der Waals surface area contributed by atoms with Crippen molar-refractivity contribution in [3.63, 3.8) is 0 Å². The van der Waals surface area contributed by atoms with Crippen LogP contribution in [-0.2, 0) is 0 Å². The molecular weight excluding hydrogens is 278 g/mol. The van der Waals surface area contributed by atoms with Crippen LogP contribution in [0.15, 0.2) is 41.7 Å². The second-order valence-corrected chi connectivity index (χ2v) is 4.55. The number of nitrogen functional groups attached to an aromatic ring is 1. The van der Waals surface area contributed by atoms with Crippen LogP contribution >= 0.6 is 0 Å². The monoisotopic (exact) mass is 297 g/mol. The minimum atomic E-state index is 0.462. The quantitative estimate of drug-likeness (QED) is 0.826. The number of hydrogen-bond acceptors (Lipinski definition) is 6. The third-order valence-electron chi connectivity index (χ3n) is 2.91. The normalized spacial score (nSPS) is 11.8. The van der Waals surface area contributed by atoms with Crippen LogP contribution < -0.4 is 16.2 Å². The van der Waals surface area contributed by atoms with Gasteiger partial charge < -0.3 is 16.2 Å². The highest BCUT2D eigenvalue weighted by atomic mass is 16.5. The van der Waals surface area contributed by atoms with E-state index in [0.717, 1.165) is 11.3 Å². The standard InChI is InChI=1S/C16H19N5O/c1-3-19-10-12(9-17)14-8-13(6-7-20-14)22-15-4-5-16(18)21-11(15)2/h4-10H,3,17H2,1-2H3,(H2,18,21). The van der Waals surface area contributed by atoms with Gasteiger partial charge in [0, 0.05) is 36.8 Å². The van der Waals surface area contributed by atoms with Crippen molar-refractivity contribution in [3.05, 3.63) is 48.1 Å². The Morgan fingerprint density at radius 2 is 2.18 bits per heavy atom. The van der Waals surface area contributed by atoms with Gasteiger partial charge in [-0.3, -0.25) is 9.98 Å². The summed E-state index contributed by atoms with van der Waals surface area (Å²) in [6.07, 6.45) is 4.83. The van der Waals surface area contributed by atoms with E-state index < -0.39 is 0 Å². The van der Waals surface area contributed by atoms with Crippen LogP contribution in [0.3, 0.4) is 0 Å². The van der Waals surface area contributed by atoms with Gasteiger partial charge in [-0.15, -0.1) is 0 Å². The molecule has 0 saturated heterocycles. The lowest BCUT2D eigenvalue weighted by molar-refractivity contribution is 0.475. The summed E-state index contributed by atoms with van der Waals surface area (Å²) in [5.74, 6) is 1.75. The molecule has 0 radical (unpaired) electrons. The first-order chi connectivity index (χ1) is 10.6. The van der Waals surface area contributed by atoms with E-state index in [1.165, 1.54) is 6.20 Å². The van der Waals surface area contributed by atoms with Gasteiger partial charge in [-0.05, 0) is 32.0 Å². The average molecular weight is 297 g/mol. The molecule has 0 atom stereocenters. The maximum Gasteiger partial charge on any atom is 0.148 e. The van der Waals surface area contributed by atoms with Crippen LogP contribution in [0.25, 0.3) is 5.57 Å². The Bertz CT molecular complexity index is 709. The first-order valence-electron chi connectivity index (χ1n) is 6.93. The zero-order valence-electron chi connectivity index (χ0n) is 12.7. The fraction of sp³-hybridized carbons (Fsp3) is 0.188. The smallest absolute Gasteiger partial charge is 0.148 e. The Kier molecular flexibility index (Phi) is 5.08. The molecule has 0 saturated carbocycles. The summed E-state index contributed by atoms with van der Waals surface area (Å²) in [6, 6.07) is 7.06. The third kappa shape index (κ3) is 3.82. The molecule has 2 heterocycles. The van der Waals surface area contributed by atoms with Crippen molar-refractivity contribution in [2.75, 3.05) is 12.3 Å². The van der Waals surface area contributed by atoms with E-state index in [9.17, 15) is 0 Å². The lowest BCUT2D eigenvalue weighted by Gasteiger charge is -2.09. The fourth-order valence-electron chi connectivity index (χ4n) is 1.82. The number of anilines is 1. The van der Waals surface area contributed by atoms with Gasteiger partial charge in [0.05, 0.1) is 11.4 Å². The summed E-state index contributed by atoms with van der Waals surface area (Å²) in [5.41, 5.74) is 13.4. The number of pyridine rings is 2. The molecule has 0 aliphatic heterocycles. The van der Waals surface area contributed by atoms with Crippen LogP contribution in [-0.4, -0.2) is 22.7 Å². The van der Waals surface area contributed by atoms with Gasteiger partial charge in [-0.2, -0.15) is 0 Å². The van der Waals surface area contributed by atoms with Crippen LogP contribution in [0.1, 0.15) is 18.3 Å². The van der Waals surface area contributed by atoms with Crippen LogP contribution in [0, 0.1) is 6.92 Å². The van der Waals surface area contributed by atoms with Crippen LogP contribution in [0.2, 0.25) is 0 Å². The maximum atomic E-state index is 5.83. The molecule has 4 N–H and O–H groups in total. The van der Waals surface area contributed by atoms with E-state index in [1.54, 1.807) is 36.7 Å². The number of ether oxygens (including phenoxy) is 1. The number of aromatic nitrogens is 2. The van der Waals surface area contributed by atoms with Crippen molar-refractivity contribution in [2.24, 2.45) is 10.7 Å². The Balaban J connectivity index is 2.26. The molecule has 0 aliphatic rings. The van der Waals surface area contributed by atoms with Gasteiger partial charge in [-0.1, -0.05) is 0 Å². The third-order valence-corrected chi connectivity index (χ3v) is 2.91. The lowest BCUT2D eigenvalue weighted by atomic mass is 10.2. The number of rotatable bonds is 5. The Hall–Kier alpha value is -2.89. The van der Waals surface area contributed by atoms with Crippen LogP contribution in [0.5, 0.6) is 11.5 Å². The molecule has 114 valence electrons. The molecule has 22 heavy (non-hydrogen) atoms. The molecule has 2 aromatic rings. The molecule has 0 fully saturated rings. The summed E-state index contributed by atoms with van der Waals surface area (Å²) in [7, 11) is 0. The predicted molar refractivity (Wildman–Crippen MR) is 88.9 cm³/mol. The molecule has 2 aromatic heterocycles. The Morgan fingerprint density at radius 3 is 2.86 bits per heavy atom. The number of aliphatic imine (C=N–C) groups is 1. The molecule has 0 unspecified atom stereocenters. The molecule has 0 spiro atoms. The first kappa shape index (κ1) is 15.5. The fourth-order valence-corrected chi connectivity index (χ4v) is 1.82. The van der Waals surface area contributed by atoms with Crippen molar-refractivity contribution in [1.82, 2.24) is 9.97 Å². The second kappa shape index (κ2) is 7.21. The minimum absolute atomic E-state index is 0.462. The van der Waals surface area contributed by atoms with E-state index in [1.807, 2.05) is 13.8 Å². The predicted octanol–water partition coefficient (Wildman–Crippen LogP) is 2.55. The maximum absolute atomic E-state index is 5.83. The first-order valence-corrected chi connectivity index (χ1v) is 6.93. The number of hydrogen-bond donors (Lipinski definition) is 2. The van der Waals surface area contributed by atoms with Crippen molar-refractivity contribution in [3.8, 4) is 11.5 Å². The highest BCUT2D eigenvalue weighted by Gasteiger charge is 2.06. The Morgan fingerprint density at radius 1 is 1.36 bits per heavy atom. The number of nitrogens with two attached hydrogens (primary N) is 2. The van der Waals surface area contributed by atoms with Crippen molar-refractivity contribution in [2.45, 2.75) is 13.8 Å². The summed E-state index contributed by atoms with van der Waals surface area (Å²) in [5, 5.41) is 0. The van der Waals surface area contributed by atoms with Gasteiger partial charge >= 0.3 is 0 Å². The van der Waals surface area contributed by atoms with E-state index in [-0.39, 0.29) is 0 Å². The average Bonchev–Trinajstić information content (AvgIpc) is 2.51. The van der Waals surface area contributed by atoms with Crippen molar-refractivity contribution >= 4 is 17.6 Å². The SMILES string of the molecule is CCN=CC(=CN)c1cc(Oc2ccc(N)nc2C)ccn1. The zero-order valence-corrected chi connectivity index (χ0v) is 12.7. The second-order valence-electron chi connectivity index (χ2n) is 4.55. The van der Waals surface area contributed by atoms with E-state index in [2.05, 4.69) is 15.0 Å². The van der Waals surface area contributed by atoms with E-state index in [4.69, 9.17) is 16.2 Å². The highest BCUT2D eigenvalue weighted by Crippen LogP contribution is 2.25. The molecule has 6 nitrogen and oxygen atoms in total. The molecule has 0 aromatic carbocycles. The van der Waals surface area contributed by atoms with Gasteiger partial charge in [0.25, 0.3) is 0 Å². The molecular formula is C16H19N5O.